The fraction of sp³-hybridized carbons (Fsp3) is 0.214. The molecule has 0 saturated carbocycles. The molecule has 0 spiro atoms. The van der Waals surface area contributed by atoms with Crippen LogP contribution < -0.4 is 4.74 Å². The van der Waals surface area contributed by atoms with Crippen molar-refractivity contribution in [2.45, 2.75) is 13.3 Å². The van der Waals surface area contributed by atoms with E-state index in [4.69, 9.17) is 9.84 Å². The molecule has 0 aliphatic heterocycles. The van der Waals surface area contributed by atoms with Crippen LogP contribution in [0.25, 0.3) is 10.4 Å². The van der Waals surface area contributed by atoms with E-state index in [9.17, 15) is 4.79 Å². The summed E-state index contributed by atoms with van der Waals surface area (Å²) in [6, 6.07) is 7.63. The Hall–Kier alpha value is -1.81. The maximum Gasteiger partial charge on any atom is 0.336 e. The summed E-state index contributed by atoms with van der Waals surface area (Å²) in [5.41, 5.74) is 2.49. The molecule has 2 rings (SSSR count). The molecular weight excluding hydrogens is 248 g/mol. The fourth-order valence-corrected chi connectivity index (χ4v) is 2.69. The first-order chi connectivity index (χ1) is 8.65. The van der Waals surface area contributed by atoms with Gasteiger partial charge in [-0.05, 0) is 41.8 Å². The summed E-state index contributed by atoms with van der Waals surface area (Å²) in [4.78, 5) is 11.8. The van der Waals surface area contributed by atoms with E-state index in [0.717, 1.165) is 28.2 Å². The number of benzene rings is 1. The summed E-state index contributed by atoms with van der Waals surface area (Å²) in [5, 5.41) is 10.6. The maximum absolute atomic E-state index is 10.9. The highest BCUT2D eigenvalue weighted by atomic mass is 32.1. The van der Waals surface area contributed by atoms with Crippen molar-refractivity contribution in [1.29, 1.82) is 0 Å². The van der Waals surface area contributed by atoms with Gasteiger partial charge in [0.15, 0.2) is 0 Å². The summed E-state index contributed by atoms with van der Waals surface area (Å²) >= 11 is 1.44. The van der Waals surface area contributed by atoms with Gasteiger partial charge in [0.1, 0.15) is 5.75 Å². The Kier molecular flexibility index (Phi) is 3.67. The van der Waals surface area contributed by atoms with Crippen molar-refractivity contribution in [3.63, 3.8) is 0 Å². The maximum atomic E-state index is 10.9. The summed E-state index contributed by atoms with van der Waals surface area (Å²) in [7, 11) is 1.65. The van der Waals surface area contributed by atoms with E-state index < -0.39 is 5.97 Å². The number of rotatable bonds is 4. The lowest BCUT2D eigenvalue weighted by Crippen LogP contribution is -1.92. The van der Waals surface area contributed by atoms with Crippen LogP contribution in [0.3, 0.4) is 0 Å². The van der Waals surface area contributed by atoms with Crippen LogP contribution in [0.1, 0.15) is 22.8 Å². The minimum absolute atomic E-state index is 0.337. The molecule has 1 heterocycles. The topological polar surface area (TPSA) is 46.5 Å². The van der Waals surface area contributed by atoms with Crippen molar-refractivity contribution in [1.82, 2.24) is 0 Å². The molecule has 0 fully saturated rings. The van der Waals surface area contributed by atoms with Crippen LogP contribution in [0.4, 0.5) is 0 Å². The molecule has 1 aromatic heterocycles. The van der Waals surface area contributed by atoms with Crippen LogP contribution in [0.5, 0.6) is 5.75 Å². The standard InChI is InChI=1S/C14H14O3S/c1-3-9-6-10(4-5-12(9)17-2)13-7-11(8-18-13)14(15)16/h4-8H,3H2,1-2H3,(H,15,16). The monoisotopic (exact) mass is 262 g/mol. The van der Waals surface area contributed by atoms with Crippen LogP contribution in [0.2, 0.25) is 0 Å². The first-order valence-corrected chi connectivity index (χ1v) is 6.52. The molecule has 0 amide bonds. The average Bonchev–Trinajstić information content (AvgIpc) is 2.87. The Morgan fingerprint density at radius 3 is 2.72 bits per heavy atom. The van der Waals surface area contributed by atoms with Gasteiger partial charge < -0.3 is 9.84 Å². The van der Waals surface area contributed by atoms with Crippen LogP contribution >= 0.6 is 11.3 Å². The zero-order valence-corrected chi connectivity index (χ0v) is 11.1. The highest BCUT2D eigenvalue weighted by Gasteiger charge is 2.09. The second kappa shape index (κ2) is 5.23. The lowest BCUT2D eigenvalue weighted by Gasteiger charge is -2.08. The third-order valence-electron chi connectivity index (χ3n) is 2.79. The molecule has 1 N–H and O–H groups in total. The van der Waals surface area contributed by atoms with E-state index in [1.165, 1.54) is 11.3 Å². The van der Waals surface area contributed by atoms with Gasteiger partial charge in [0, 0.05) is 10.3 Å². The molecular formula is C14H14O3S. The SMILES string of the molecule is CCc1cc(-c2cc(C(=O)O)cs2)ccc1OC. The zero-order chi connectivity index (χ0) is 13.1. The van der Waals surface area contributed by atoms with Crippen molar-refractivity contribution in [2.24, 2.45) is 0 Å². The van der Waals surface area contributed by atoms with Crippen molar-refractivity contribution >= 4 is 17.3 Å². The number of aryl methyl sites for hydroxylation is 1. The highest BCUT2D eigenvalue weighted by Crippen LogP contribution is 2.31. The summed E-state index contributed by atoms with van der Waals surface area (Å²) in [5.74, 6) is -0.0157. The molecule has 0 unspecified atom stereocenters. The Morgan fingerprint density at radius 2 is 2.17 bits per heavy atom. The van der Waals surface area contributed by atoms with Gasteiger partial charge in [-0.2, -0.15) is 0 Å². The van der Waals surface area contributed by atoms with Gasteiger partial charge in [0.05, 0.1) is 12.7 Å². The third kappa shape index (κ3) is 2.38. The molecule has 0 saturated heterocycles. The van der Waals surface area contributed by atoms with E-state index in [0.29, 0.717) is 5.56 Å². The van der Waals surface area contributed by atoms with E-state index in [1.807, 2.05) is 12.1 Å². The molecule has 0 bridgehead atoms. The first-order valence-electron chi connectivity index (χ1n) is 5.64. The largest absolute Gasteiger partial charge is 0.496 e. The molecule has 0 atom stereocenters. The second-order valence-electron chi connectivity index (χ2n) is 3.88. The van der Waals surface area contributed by atoms with Crippen LogP contribution in [-0.4, -0.2) is 18.2 Å². The van der Waals surface area contributed by atoms with Gasteiger partial charge in [0.2, 0.25) is 0 Å². The van der Waals surface area contributed by atoms with Crippen LogP contribution in [-0.2, 0) is 6.42 Å². The van der Waals surface area contributed by atoms with Crippen molar-refractivity contribution in [2.75, 3.05) is 7.11 Å². The van der Waals surface area contributed by atoms with Gasteiger partial charge in [-0.15, -0.1) is 11.3 Å². The summed E-state index contributed by atoms with van der Waals surface area (Å²) in [6.45, 7) is 2.07. The fourth-order valence-electron chi connectivity index (χ4n) is 1.81. The molecule has 0 aliphatic rings. The van der Waals surface area contributed by atoms with Gasteiger partial charge in [0.25, 0.3) is 0 Å². The number of methoxy groups -OCH3 is 1. The van der Waals surface area contributed by atoms with Crippen molar-refractivity contribution < 1.29 is 14.6 Å². The van der Waals surface area contributed by atoms with E-state index >= 15 is 0 Å². The lowest BCUT2D eigenvalue weighted by molar-refractivity contribution is 0.0697. The molecule has 18 heavy (non-hydrogen) atoms. The van der Waals surface area contributed by atoms with Crippen LogP contribution in [0, 0.1) is 0 Å². The molecule has 94 valence electrons. The van der Waals surface area contributed by atoms with E-state index in [1.54, 1.807) is 18.6 Å². The van der Waals surface area contributed by atoms with Gasteiger partial charge in [-0.1, -0.05) is 6.92 Å². The smallest absolute Gasteiger partial charge is 0.336 e. The molecule has 2 aromatic rings. The Balaban J connectivity index is 2.41. The Morgan fingerprint density at radius 1 is 1.39 bits per heavy atom. The minimum atomic E-state index is -0.887. The first kappa shape index (κ1) is 12.6. The minimum Gasteiger partial charge on any atom is -0.496 e. The second-order valence-corrected chi connectivity index (χ2v) is 4.80. The van der Waals surface area contributed by atoms with Gasteiger partial charge in [-0.25, -0.2) is 4.79 Å². The number of ether oxygens (including phenoxy) is 1. The predicted octanol–water partition coefficient (Wildman–Crippen LogP) is 3.68. The predicted molar refractivity (Wildman–Crippen MR) is 72.6 cm³/mol. The number of carbonyl (C=O) groups is 1. The number of carboxylic acids is 1. The normalized spacial score (nSPS) is 10.3. The van der Waals surface area contributed by atoms with Gasteiger partial charge >= 0.3 is 5.97 Å². The Labute approximate surface area is 110 Å². The number of carboxylic acid groups (broad SMARTS) is 1. The van der Waals surface area contributed by atoms with E-state index in [-0.39, 0.29) is 0 Å². The molecule has 3 nitrogen and oxygen atoms in total. The Bertz CT molecular complexity index is 572. The number of thiophene rings is 1. The van der Waals surface area contributed by atoms with Crippen LogP contribution in [0.15, 0.2) is 29.6 Å². The van der Waals surface area contributed by atoms with Crippen molar-refractivity contribution in [3.05, 3.63) is 40.8 Å². The molecule has 0 radical (unpaired) electrons. The highest BCUT2D eigenvalue weighted by molar-refractivity contribution is 7.13. The number of aromatic carboxylic acids is 1. The summed E-state index contributed by atoms with van der Waals surface area (Å²) in [6.07, 6.45) is 0.883. The third-order valence-corrected chi connectivity index (χ3v) is 3.77. The zero-order valence-electron chi connectivity index (χ0n) is 10.3. The van der Waals surface area contributed by atoms with Gasteiger partial charge in [-0.3, -0.25) is 0 Å². The summed E-state index contributed by atoms with van der Waals surface area (Å²) < 4.78 is 5.28. The molecule has 0 aliphatic carbocycles. The lowest BCUT2D eigenvalue weighted by atomic mass is 10.1. The van der Waals surface area contributed by atoms with Crippen molar-refractivity contribution in [3.8, 4) is 16.2 Å². The molecule has 1 aromatic carbocycles. The molecule has 4 heteroatoms. The van der Waals surface area contributed by atoms with E-state index in [2.05, 4.69) is 13.0 Å². The number of hydrogen-bond donors (Lipinski definition) is 1. The average molecular weight is 262 g/mol. The number of hydrogen-bond acceptors (Lipinski definition) is 3. The quantitative estimate of drug-likeness (QED) is 0.914.